The Morgan fingerprint density at radius 2 is 1.83 bits per heavy atom. The van der Waals surface area contributed by atoms with Crippen LogP contribution in [-0.2, 0) is 14.4 Å². The molecular formula is C15H16N6O3. The van der Waals surface area contributed by atoms with Crippen molar-refractivity contribution in [2.24, 2.45) is 0 Å². The normalized spacial score (nSPS) is 16.1. The smallest absolute Gasteiger partial charge is 0.249 e. The molecule has 9 nitrogen and oxygen atoms in total. The van der Waals surface area contributed by atoms with Gasteiger partial charge in [-0.1, -0.05) is 0 Å². The fraction of sp³-hybridized carbons (Fsp3) is 0.267. The van der Waals surface area contributed by atoms with Gasteiger partial charge in [0.05, 0.1) is 6.42 Å². The minimum atomic E-state index is -0.759. The molecule has 0 spiro atoms. The Kier molecular flexibility index (Phi) is 3.98. The molecule has 3 rings (SSSR count). The zero-order valence-corrected chi connectivity index (χ0v) is 13.2. The molecule has 0 bridgehead atoms. The molecule has 0 saturated heterocycles. The van der Waals surface area contributed by atoms with Gasteiger partial charge in [0.1, 0.15) is 11.9 Å². The quantitative estimate of drug-likeness (QED) is 0.779. The van der Waals surface area contributed by atoms with Crippen molar-refractivity contribution in [1.82, 2.24) is 14.8 Å². The number of nitrogens with zero attached hydrogens (tertiary/aromatic N) is 3. The van der Waals surface area contributed by atoms with E-state index >= 15 is 0 Å². The molecule has 2 heterocycles. The number of rotatable bonds is 3. The molecule has 0 aliphatic carbocycles. The van der Waals surface area contributed by atoms with E-state index in [1.807, 2.05) is 0 Å². The molecule has 124 valence electrons. The van der Waals surface area contributed by atoms with Crippen molar-refractivity contribution in [3.8, 4) is 0 Å². The lowest BCUT2D eigenvalue weighted by Gasteiger charge is -2.22. The maximum atomic E-state index is 12.5. The third kappa shape index (κ3) is 3.24. The lowest BCUT2D eigenvalue weighted by Crippen LogP contribution is -2.36. The first-order valence-corrected chi connectivity index (χ1v) is 7.34. The molecule has 1 aromatic carbocycles. The van der Waals surface area contributed by atoms with Gasteiger partial charge in [0.15, 0.2) is 0 Å². The predicted molar refractivity (Wildman–Crippen MR) is 86.4 cm³/mol. The van der Waals surface area contributed by atoms with Crippen molar-refractivity contribution in [1.29, 1.82) is 0 Å². The van der Waals surface area contributed by atoms with Crippen LogP contribution in [0.15, 0.2) is 24.3 Å². The van der Waals surface area contributed by atoms with Crippen LogP contribution in [-0.4, -0.2) is 32.5 Å². The zero-order valence-electron chi connectivity index (χ0n) is 13.2. The molecule has 24 heavy (non-hydrogen) atoms. The van der Waals surface area contributed by atoms with E-state index in [0.29, 0.717) is 17.2 Å². The van der Waals surface area contributed by atoms with Crippen molar-refractivity contribution in [3.05, 3.63) is 30.1 Å². The van der Waals surface area contributed by atoms with Crippen molar-refractivity contribution in [2.75, 3.05) is 16.0 Å². The van der Waals surface area contributed by atoms with Gasteiger partial charge >= 0.3 is 0 Å². The molecule has 1 aliphatic rings. The van der Waals surface area contributed by atoms with Crippen molar-refractivity contribution in [2.45, 2.75) is 26.3 Å². The Bertz CT molecular complexity index is 811. The zero-order chi connectivity index (χ0) is 17.3. The van der Waals surface area contributed by atoms with E-state index in [1.54, 1.807) is 31.2 Å². The summed E-state index contributed by atoms with van der Waals surface area (Å²) in [6.45, 7) is 3.11. The molecular weight excluding hydrogens is 312 g/mol. The first-order chi connectivity index (χ1) is 11.4. The lowest BCUT2D eigenvalue weighted by atomic mass is 10.1. The molecule has 1 unspecified atom stereocenters. The second-order valence-corrected chi connectivity index (χ2v) is 5.44. The van der Waals surface area contributed by atoms with Crippen molar-refractivity contribution in [3.63, 3.8) is 0 Å². The Morgan fingerprint density at radius 3 is 2.46 bits per heavy atom. The molecule has 0 radical (unpaired) electrons. The van der Waals surface area contributed by atoms with E-state index in [4.69, 9.17) is 0 Å². The SMILES string of the molecule is CC(=O)Nc1ccc(NC(=O)C2CC(=O)Nc3nc(C)nn32)cc1. The van der Waals surface area contributed by atoms with Gasteiger partial charge in [0.25, 0.3) is 0 Å². The second-order valence-electron chi connectivity index (χ2n) is 5.44. The summed E-state index contributed by atoms with van der Waals surface area (Å²) in [4.78, 5) is 39.3. The number of anilines is 3. The highest BCUT2D eigenvalue weighted by Gasteiger charge is 2.32. The second kappa shape index (κ2) is 6.11. The molecule has 0 saturated carbocycles. The highest BCUT2D eigenvalue weighted by atomic mass is 16.2. The van der Waals surface area contributed by atoms with Gasteiger partial charge in [-0.05, 0) is 31.2 Å². The van der Waals surface area contributed by atoms with Crippen LogP contribution in [0.3, 0.4) is 0 Å². The Labute approximate surface area is 137 Å². The lowest BCUT2D eigenvalue weighted by molar-refractivity contribution is -0.125. The minimum absolute atomic E-state index is 0.00832. The van der Waals surface area contributed by atoms with Gasteiger partial charge in [-0.2, -0.15) is 10.1 Å². The summed E-state index contributed by atoms with van der Waals surface area (Å²) < 4.78 is 1.41. The average molecular weight is 328 g/mol. The molecule has 1 aliphatic heterocycles. The summed E-state index contributed by atoms with van der Waals surface area (Å²) in [5, 5.41) is 12.1. The van der Waals surface area contributed by atoms with E-state index in [2.05, 4.69) is 26.0 Å². The number of carbonyl (C=O) groups is 3. The largest absolute Gasteiger partial charge is 0.326 e. The van der Waals surface area contributed by atoms with Crippen LogP contribution < -0.4 is 16.0 Å². The number of benzene rings is 1. The van der Waals surface area contributed by atoms with E-state index in [0.717, 1.165) is 0 Å². The summed E-state index contributed by atoms with van der Waals surface area (Å²) in [6, 6.07) is 5.93. The van der Waals surface area contributed by atoms with Gasteiger partial charge in [-0.3, -0.25) is 19.7 Å². The summed E-state index contributed by atoms with van der Waals surface area (Å²) in [7, 11) is 0. The number of nitrogens with one attached hydrogen (secondary N) is 3. The number of carbonyl (C=O) groups excluding carboxylic acids is 3. The third-order valence-electron chi connectivity index (χ3n) is 3.44. The number of hydrogen-bond acceptors (Lipinski definition) is 5. The Balaban J connectivity index is 1.75. The van der Waals surface area contributed by atoms with Gasteiger partial charge in [-0.15, -0.1) is 0 Å². The first kappa shape index (κ1) is 15.7. The molecule has 2 aromatic rings. The van der Waals surface area contributed by atoms with Crippen LogP contribution in [0.25, 0.3) is 0 Å². The molecule has 0 fully saturated rings. The number of amides is 3. The average Bonchev–Trinajstić information content (AvgIpc) is 2.87. The van der Waals surface area contributed by atoms with Crippen LogP contribution in [0, 0.1) is 6.92 Å². The standard InChI is InChI=1S/C15H16N6O3/c1-8-16-15-19-13(23)7-12(21(15)20-8)14(24)18-11-5-3-10(4-6-11)17-9(2)22/h3-6,12H,7H2,1-2H3,(H,17,22)(H,18,24)(H,16,19,20,23). The number of aryl methyl sites for hydroxylation is 1. The van der Waals surface area contributed by atoms with Gasteiger partial charge in [-0.25, -0.2) is 4.68 Å². The fourth-order valence-electron chi connectivity index (χ4n) is 2.44. The molecule has 3 amide bonds. The number of aromatic nitrogens is 3. The van der Waals surface area contributed by atoms with Crippen molar-refractivity contribution < 1.29 is 14.4 Å². The molecule has 3 N–H and O–H groups in total. The summed E-state index contributed by atoms with van der Waals surface area (Å²) >= 11 is 0. The number of fused-ring (bicyclic) bond motifs is 1. The minimum Gasteiger partial charge on any atom is -0.326 e. The third-order valence-corrected chi connectivity index (χ3v) is 3.44. The van der Waals surface area contributed by atoms with E-state index in [9.17, 15) is 14.4 Å². The van der Waals surface area contributed by atoms with Gasteiger partial charge < -0.3 is 10.6 Å². The summed E-state index contributed by atoms with van der Waals surface area (Å²) in [5.74, 6) is -0.0667. The maximum Gasteiger partial charge on any atom is 0.249 e. The summed E-state index contributed by atoms with van der Waals surface area (Å²) in [6.07, 6.45) is -0.00832. The van der Waals surface area contributed by atoms with Gasteiger partial charge in [0, 0.05) is 18.3 Å². The molecule has 1 atom stereocenters. The summed E-state index contributed by atoms with van der Waals surface area (Å²) in [5.41, 5.74) is 1.19. The Hall–Kier alpha value is -3.23. The van der Waals surface area contributed by atoms with Gasteiger partial charge in [0.2, 0.25) is 23.7 Å². The predicted octanol–water partition coefficient (Wildman–Crippen LogP) is 1.07. The van der Waals surface area contributed by atoms with E-state index in [-0.39, 0.29) is 30.1 Å². The highest BCUT2D eigenvalue weighted by Crippen LogP contribution is 2.24. The maximum absolute atomic E-state index is 12.5. The van der Waals surface area contributed by atoms with Crippen LogP contribution in [0.4, 0.5) is 17.3 Å². The fourth-order valence-corrected chi connectivity index (χ4v) is 2.44. The first-order valence-electron chi connectivity index (χ1n) is 7.34. The number of hydrogen-bond donors (Lipinski definition) is 3. The monoisotopic (exact) mass is 328 g/mol. The molecule has 1 aromatic heterocycles. The van der Waals surface area contributed by atoms with Crippen LogP contribution in [0.2, 0.25) is 0 Å². The van der Waals surface area contributed by atoms with Crippen LogP contribution >= 0.6 is 0 Å². The molecule has 9 heteroatoms. The Morgan fingerprint density at radius 1 is 1.21 bits per heavy atom. The van der Waals surface area contributed by atoms with E-state index < -0.39 is 6.04 Å². The van der Waals surface area contributed by atoms with Crippen LogP contribution in [0.1, 0.15) is 25.2 Å². The van der Waals surface area contributed by atoms with Crippen molar-refractivity contribution >= 4 is 35.0 Å². The van der Waals surface area contributed by atoms with Crippen LogP contribution in [0.5, 0.6) is 0 Å². The highest BCUT2D eigenvalue weighted by molar-refractivity contribution is 6.00. The topological polar surface area (TPSA) is 118 Å². The van der Waals surface area contributed by atoms with E-state index in [1.165, 1.54) is 11.6 Å².